The van der Waals surface area contributed by atoms with Crippen LogP contribution in [0.25, 0.3) is 0 Å². The van der Waals surface area contributed by atoms with E-state index in [1.54, 1.807) is 24.3 Å². The van der Waals surface area contributed by atoms with Crippen LogP contribution >= 0.6 is 0 Å². The highest BCUT2D eigenvalue weighted by molar-refractivity contribution is 6.21. The Balaban J connectivity index is 1.59. The molecule has 1 aromatic carbocycles. The Bertz CT molecular complexity index is 542. The van der Waals surface area contributed by atoms with Gasteiger partial charge in [-0.15, -0.1) is 0 Å². The third-order valence-corrected chi connectivity index (χ3v) is 4.52. The molecule has 1 heterocycles. The Morgan fingerprint density at radius 3 is 1.92 bits per heavy atom. The molecule has 3 heteroatoms. The fourth-order valence-corrected chi connectivity index (χ4v) is 3.08. The van der Waals surface area contributed by atoms with E-state index in [2.05, 4.69) is 19.1 Å². The van der Waals surface area contributed by atoms with Gasteiger partial charge in [0.2, 0.25) is 0 Å². The molecule has 0 aromatic heterocycles. The van der Waals surface area contributed by atoms with Crippen LogP contribution in [0.4, 0.5) is 0 Å². The fraction of sp³-hybridized carbons (Fsp3) is 0.524. The zero-order chi connectivity index (χ0) is 17.2. The lowest BCUT2D eigenvalue weighted by Gasteiger charge is -2.12. The molecule has 0 unspecified atom stereocenters. The van der Waals surface area contributed by atoms with Crippen LogP contribution in [0, 0.1) is 0 Å². The van der Waals surface area contributed by atoms with Crippen molar-refractivity contribution < 1.29 is 9.59 Å². The SMILES string of the molecule is CCCCCCC/C=C\CCCCN1C(=O)c2ccccc2C1=O. The van der Waals surface area contributed by atoms with Gasteiger partial charge in [0.25, 0.3) is 11.8 Å². The standard InChI is InChI=1S/C21H29NO2/c1-2-3-4-5-6-7-8-9-10-11-14-17-22-20(23)18-15-12-13-16-19(18)21(22)24/h8-9,12-13,15-16H,2-7,10-11,14,17H2,1H3/b9-8-. The number of fused-ring (bicyclic) bond motifs is 1. The predicted molar refractivity (Wildman–Crippen MR) is 98.2 cm³/mol. The molecule has 0 aliphatic carbocycles. The molecular weight excluding hydrogens is 298 g/mol. The van der Waals surface area contributed by atoms with E-state index >= 15 is 0 Å². The fourth-order valence-electron chi connectivity index (χ4n) is 3.08. The Labute approximate surface area is 145 Å². The summed E-state index contributed by atoms with van der Waals surface area (Å²) in [4.78, 5) is 25.8. The minimum Gasteiger partial charge on any atom is -0.274 e. The third kappa shape index (κ3) is 5.05. The van der Waals surface area contributed by atoms with Crippen LogP contribution in [-0.4, -0.2) is 23.3 Å². The molecule has 0 spiro atoms. The van der Waals surface area contributed by atoms with Gasteiger partial charge in [-0.05, 0) is 44.2 Å². The van der Waals surface area contributed by atoms with E-state index < -0.39 is 0 Å². The average Bonchev–Trinajstić information content (AvgIpc) is 2.84. The van der Waals surface area contributed by atoms with Gasteiger partial charge in [0.05, 0.1) is 11.1 Å². The van der Waals surface area contributed by atoms with E-state index in [9.17, 15) is 9.59 Å². The van der Waals surface area contributed by atoms with E-state index in [4.69, 9.17) is 0 Å². The van der Waals surface area contributed by atoms with Gasteiger partial charge in [-0.3, -0.25) is 14.5 Å². The predicted octanol–water partition coefficient (Wildman–Crippen LogP) is 5.37. The monoisotopic (exact) mass is 327 g/mol. The number of rotatable bonds is 11. The third-order valence-electron chi connectivity index (χ3n) is 4.52. The Hall–Kier alpha value is -1.90. The zero-order valence-electron chi connectivity index (χ0n) is 14.8. The molecular formula is C21H29NO2. The molecule has 0 bridgehead atoms. The van der Waals surface area contributed by atoms with E-state index in [1.165, 1.54) is 43.4 Å². The van der Waals surface area contributed by atoms with Gasteiger partial charge >= 0.3 is 0 Å². The normalized spacial score (nSPS) is 14.0. The quantitative estimate of drug-likeness (QED) is 0.311. The van der Waals surface area contributed by atoms with E-state index in [0.717, 1.165) is 19.3 Å². The lowest BCUT2D eigenvalue weighted by atomic mass is 10.1. The second kappa shape index (κ2) is 10.1. The van der Waals surface area contributed by atoms with Crippen molar-refractivity contribution in [3.63, 3.8) is 0 Å². The summed E-state index contributed by atoms with van der Waals surface area (Å²) in [5, 5.41) is 0. The second-order valence-corrected chi connectivity index (χ2v) is 6.48. The summed E-state index contributed by atoms with van der Waals surface area (Å²) in [6.07, 6.45) is 15.2. The Morgan fingerprint density at radius 2 is 1.33 bits per heavy atom. The van der Waals surface area contributed by atoms with Crippen molar-refractivity contribution in [2.45, 2.75) is 64.7 Å². The van der Waals surface area contributed by atoms with Crippen LogP contribution in [0.15, 0.2) is 36.4 Å². The first-order valence-corrected chi connectivity index (χ1v) is 9.36. The molecule has 0 N–H and O–H groups in total. The molecule has 0 saturated heterocycles. The second-order valence-electron chi connectivity index (χ2n) is 6.48. The number of carbonyl (C=O) groups excluding carboxylic acids is 2. The number of hydrogen-bond donors (Lipinski definition) is 0. The van der Waals surface area contributed by atoms with Crippen LogP contribution < -0.4 is 0 Å². The van der Waals surface area contributed by atoms with E-state index in [-0.39, 0.29) is 11.8 Å². The number of unbranched alkanes of at least 4 members (excludes halogenated alkanes) is 7. The number of imide groups is 1. The highest BCUT2D eigenvalue weighted by Crippen LogP contribution is 2.22. The van der Waals surface area contributed by atoms with Crippen molar-refractivity contribution in [2.75, 3.05) is 6.54 Å². The average molecular weight is 327 g/mol. The van der Waals surface area contributed by atoms with E-state index in [0.29, 0.717) is 17.7 Å². The molecule has 0 fully saturated rings. The summed E-state index contributed by atoms with van der Waals surface area (Å²) in [6.45, 7) is 2.76. The number of allylic oxidation sites excluding steroid dienone is 2. The molecule has 0 atom stereocenters. The van der Waals surface area contributed by atoms with Gasteiger partial charge in [0.1, 0.15) is 0 Å². The minimum atomic E-state index is -0.141. The number of benzene rings is 1. The summed E-state index contributed by atoms with van der Waals surface area (Å²) >= 11 is 0. The Kier molecular flexibility index (Phi) is 7.73. The lowest BCUT2D eigenvalue weighted by Crippen LogP contribution is -2.30. The van der Waals surface area contributed by atoms with Crippen LogP contribution in [0.5, 0.6) is 0 Å². The van der Waals surface area contributed by atoms with Crippen LogP contribution in [0.2, 0.25) is 0 Å². The first kappa shape index (κ1) is 18.4. The van der Waals surface area contributed by atoms with Gasteiger partial charge in [0, 0.05) is 6.54 Å². The summed E-state index contributed by atoms with van der Waals surface area (Å²) < 4.78 is 0. The minimum absolute atomic E-state index is 0.141. The maximum absolute atomic E-state index is 12.2. The van der Waals surface area contributed by atoms with Crippen molar-refractivity contribution in [3.8, 4) is 0 Å². The summed E-state index contributed by atoms with van der Waals surface area (Å²) in [5.41, 5.74) is 1.09. The highest BCUT2D eigenvalue weighted by atomic mass is 16.2. The van der Waals surface area contributed by atoms with Crippen LogP contribution in [0.1, 0.15) is 85.4 Å². The van der Waals surface area contributed by atoms with Gasteiger partial charge in [-0.2, -0.15) is 0 Å². The first-order chi connectivity index (χ1) is 11.8. The highest BCUT2D eigenvalue weighted by Gasteiger charge is 2.34. The van der Waals surface area contributed by atoms with Gasteiger partial charge in [-0.1, -0.05) is 56.9 Å². The maximum atomic E-state index is 12.2. The van der Waals surface area contributed by atoms with Gasteiger partial charge < -0.3 is 0 Å². The molecule has 0 saturated carbocycles. The summed E-state index contributed by atoms with van der Waals surface area (Å²) in [7, 11) is 0. The molecule has 2 rings (SSSR count). The lowest BCUT2D eigenvalue weighted by molar-refractivity contribution is 0.0652. The maximum Gasteiger partial charge on any atom is 0.261 e. The number of amides is 2. The largest absolute Gasteiger partial charge is 0.274 e. The topological polar surface area (TPSA) is 37.4 Å². The van der Waals surface area contributed by atoms with E-state index in [1.807, 2.05) is 0 Å². The first-order valence-electron chi connectivity index (χ1n) is 9.36. The van der Waals surface area contributed by atoms with Crippen molar-refractivity contribution in [3.05, 3.63) is 47.5 Å². The van der Waals surface area contributed by atoms with Crippen molar-refractivity contribution >= 4 is 11.8 Å². The molecule has 1 aliphatic rings. The molecule has 130 valence electrons. The zero-order valence-corrected chi connectivity index (χ0v) is 14.8. The molecule has 24 heavy (non-hydrogen) atoms. The van der Waals surface area contributed by atoms with Gasteiger partial charge in [-0.25, -0.2) is 0 Å². The molecule has 1 aromatic rings. The summed E-state index contributed by atoms with van der Waals surface area (Å²) in [6, 6.07) is 7.08. The van der Waals surface area contributed by atoms with Crippen LogP contribution in [-0.2, 0) is 0 Å². The number of nitrogens with zero attached hydrogens (tertiary/aromatic N) is 1. The van der Waals surface area contributed by atoms with Crippen LogP contribution in [0.3, 0.4) is 0 Å². The van der Waals surface area contributed by atoms with Crippen molar-refractivity contribution in [1.82, 2.24) is 4.90 Å². The summed E-state index contributed by atoms with van der Waals surface area (Å²) in [5.74, 6) is -0.281. The smallest absolute Gasteiger partial charge is 0.261 e. The molecule has 3 nitrogen and oxygen atoms in total. The molecule has 2 amide bonds. The molecule has 0 radical (unpaired) electrons. The number of carbonyl (C=O) groups is 2. The number of hydrogen-bond acceptors (Lipinski definition) is 2. The molecule has 1 aliphatic heterocycles. The van der Waals surface area contributed by atoms with Crippen molar-refractivity contribution in [2.24, 2.45) is 0 Å². The van der Waals surface area contributed by atoms with Gasteiger partial charge in [0.15, 0.2) is 0 Å². The Morgan fingerprint density at radius 1 is 0.792 bits per heavy atom. The van der Waals surface area contributed by atoms with Crippen molar-refractivity contribution in [1.29, 1.82) is 0 Å².